The molecule has 0 atom stereocenters. The molecule has 0 aromatic carbocycles. The number of ether oxygens (including phenoxy) is 1. The molecule has 0 spiro atoms. The van der Waals surface area contributed by atoms with Crippen LogP contribution >= 0.6 is 0 Å². The van der Waals surface area contributed by atoms with Crippen molar-refractivity contribution in [1.82, 2.24) is 15.1 Å². The molecule has 1 N–H and O–H groups in total. The summed E-state index contributed by atoms with van der Waals surface area (Å²) in [5.41, 5.74) is -0.593. The topological polar surface area (TPSA) is 61.9 Å². The predicted octanol–water partition coefficient (Wildman–Crippen LogP) is 1.84. The Hall–Kier alpha value is -1.30. The zero-order chi connectivity index (χ0) is 17.3. The van der Waals surface area contributed by atoms with Crippen molar-refractivity contribution in [3.63, 3.8) is 0 Å². The third kappa shape index (κ3) is 4.59. The van der Waals surface area contributed by atoms with Gasteiger partial charge in [0.2, 0.25) is 5.91 Å². The van der Waals surface area contributed by atoms with Gasteiger partial charge in [-0.2, -0.15) is 0 Å². The van der Waals surface area contributed by atoms with E-state index in [0.29, 0.717) is 19.0 Å². The number of amides is 2. The van der Waals surface area contributed by atoms with Crippen molar-refractivity contribution in [2.45, 2.75) is 57.6 Å². The first-order valence-corrected chi connectivity index (χ1v) is 8.53. The van der Waals surface area contributed by atoms with Gasteiger partial charge < -0.3 is 15.0 Å². The number of nitrogens with zero attached hydrogens (tertiary/aromatic N) is 2. The third-order valence-electron chi connectivity index (χ3n) is 4.97. The molecule has 6 heteroatoms. The molecule has 2 amide bonds. The first-order chi connectivity index (χ1) is 10.6. The number of alkyl carbamates (subject to hydrolysis) is 1. The fraction of sp³-hybridized carbons (Fsp3) is 0.882. The quantitative estimate of drug-likeness (QED) is 0.857. The summed E-state index contributed by atoms with van der Waals surface area (Å²) in [4.78, 5) is 28.0. The summed E-state index contributed by atoms with van der Waals surface area (Å²) in [6.07, 6.45) is 4.06. The third-order valence-corrected chi connectivity index (χ3v) is 4.97. The molecule has 0 unspecified atom stereocenters. The SMILES string of the molecule is CN(C)C(=O)CN1CC2CCC1(CNC(=O)OC(C)(C)C)CC2. The molecule has 6 nitrogen and oxygen atoms in total. The van der Waals surface area contributed by atoms with Crippen LogP contribution in [-0.2, 0) is 9.53 Å². The lowest BCUT2D eigenvalue weighted by Crippen LogP contribution is -2.64. The monoisotopic (exact) mass is 325 g/mol. The lowest BCUT2D eigenvalue weighted by molar-refractivity contribution is -0.135. The highest BCUT2D eigenvalue weighted by molar-refractivity contribution is 5.77. The summed E-state index contributed by atoms with van der Waals surface area (Å²) in [7, 11) is 3.58. The van der Waals surface area contributed by atoms with Gasteiger partial charge in [-0.25, -0.2) is 4.79 Å². The van der Waals surface area contributed by atoms with E-state index in [4.69, 9.17) is 4.74 Å². The number of hydrogen-bond donors (Lipinski definition) is 1. The standard InChI is InChI=1S/C17H31N3O3/c1-16(2,3)23-15(22)18-12-17-8-6-13(7-9-17)10-20(17)11-14(21)19(4)5/h13H,6-12H2,1-5H3,(H,18,22). The predicted molar refractivity (Wildman–Crippen MR) is 89.2 cm³/mol. The minimum Gasteiger partial charge on any atom is -0.444 e. The number of hydrogen-bond acceptors (Lipinski definition) is 4. The zero-order valence-electron chi connectivity index (χ0n) is 15.1. The van der Waals surface area contributed by atoms with Gasteiger partial charge in [0.25, 0.3) is 0 Å². The van der Waals surface area contributed by atoms with E-state index in [2.05, 4.69) is 10.2 Å². The van der Waals surface area contributed by atoms with Crippen LogP contribution in [-0.4, -0.2) is 66.7 Å². The number of fused-ring (bicyclic) bond motifs is 3. The Morgan fingerprint density at radius 2 is 1.87 bits per heavy atom. The van der Waals surface area contributed by atoms with Crippen molar-refractivity contribution in [2.75, 3.05) is 33.7 Å². The van der Waals surface area contributed by atoms with Gasteiger partial charge in [-0.15, -0.1) is 0 Å². The van der Waals surface area contributed by atoms with E-state index in [-0.39, 0.29) is 17.5 Å². The van der Waals surface area contributed by atoms with Crippen LogP contribution in [0.1, 0.15) is 46.5 Å². The highest BCUT2D eigenvalue weighted by Crippen LogP contribution is 2.42. The van der Waals surface area contributed by atoms with Crippen LogP contribution in [0.5, 0.6) is 0 Å². The molecule has 3 rings (SSSR count). The second kappa shape index (κ2) is 6.67. The first kappa shape index (κ1) is 18.0. The van der Waals surface area contributed by atoms with Gasteiger partial charge in [0.1, 0.15) is 5.60 Å². The molecule has 2 heterocycles. The Labute approximate surface area is 139 Å². The van der Waals surface area contributed by atoms with E-state index < -0.39 is 5.60 Å². The van der Waals surface area contributed by atoms with Crippen LogP contribution in [0.4, 0.5) is 4.79 Å². The van der Waals surface area contributed by atoms with Crippen molar-refractivity contribution in [3.8, 4) is 0 Å². The maximum absolute atomic E-state index is 12.1. The molecule has 2 saturated heterocycles. The van der Waals surface area contributed by atoms with E-state index in [1.165, 1.54) is 12.8 Å². The number of carbonyl (C=O) groups is 2. The molecule has 0 aromatic rings. The van der Waals surface area contributed by atoms with Gasteiger partial charge in [0, 0.05) is 32.7 Å². The highest BCUT2D eigenvalue weighted by Gasteiger charge is 2.46. The minimum absolute atomic E-state index is 0.0999. The van der Waals surface area contributed by atoms with Crippen LogP contribution < -0.4 is 5.32 Å². The van der Waals surface area contributed by atoms with Crippen LogP contribution in [0, 0.1) is 5.92 Å². The van der Waals surface area contributed by atoms with Gasteiger partial charge >= 0.3 is 6.09 Å². The van der Waals surface area contributed by atoms with Crippen molar-refractivity contribution in [3.05, 3.63) is 0 Å². The Morgan fingerprint density at radius 3 is 2.39 bits per heavy atom. The van der Waals surface area contributed by atoms with E-state index in [1.54, 1.807) is 19.0 Å². The van der Waals surface area contributed by atoms with E-state index >= 15 is 0 Å². The molecule has 2 bridgehead atoms. The van der Waals surface area contributed by atoms with E-state index in [9.17, 15) is 9.59 Å². The smallest absolute Gasteiger partial charge is 0.407 e. The number of likely N-dealkylation sites (N-methyl/N-ethyl adjacent to an activating group) is 1. The Balaban J connectivity index is 1.99. The molecule has 132 valence electrons. The number of piperidine rings is 2. The number of carbonyl (C=O) groups excluding carboxylic acids is 2. The second-order valence-corrected chi connectivity index (χ2v) is 8.19. The zero-order valence-corrected chi connectivity index (χ0v) is 15.1. The average Bonchev–Trinajstić information content (AvgIpc) is 2.45. The van der Waals surface area contributed by atoms with Crippen LogP contribution in [0.25, 0.3) is 0 Å². The molecular weight excluding hydrogens is 294 g/mol. The highest BCUT2D eigenvalue weighted by atomic mass is 16.6. The molecule has 1 aliphatic carbocycles. The van der Waals surface area contributed by atoms with Crippen molar-refractivity contribution < 1.29 is 14.3 Å². The normalized spacial score (nSPS) is 27.6. The van der Waals surface area contributed by atoms with Crippen molar-refractivity contribution in [2.24, 2.45) is 5.92 Å². The summed E-state index contributed by atoms with van der Waals surface area (Å²) in [5.74, 6) is 0.808. The number of rotatable bonds is 4. The van der Waals surface area contributed by atoms with E-state index in [1.807, 2.05) is 20.8 Å². The molecule has 0 radical (unpaired) electrons. The lowest BCUT2D eigenvalue weighted by atomic mass is 9.70. The molecule has 0 aromatic heterocycles. The largest absolute Gasteiger partial charge is 0.444 e. The van der Waals surface area contributed by atoms with E-state index in [0.717, 1.165) is 19.4 Å². The molecular formula is C17H31N3O3. The fourth-order valence-electron chi connectivity index (χ4n) is 3.60. The molecule has 23 heavy (non-hydrogen) atoms. The average molecular weight is 325 g/mol. The van der Waals surface area contributed by atoms with Gasteiger partial charge in [-0.1, -0.05) is 0 Å². The minimum atomic E-state index is -0.494. The Bertz CT molecular complexity index is 448. The van der Waals surface area contributed by atoms with Crippen LogP contribution in [0.3, 0.4) is 0 Å². The van der Waals surface area contributed by atoms with Gasteiger partial charge in [0.05, 0.1) is 6.54 Å². The van der Waals surface area contributed by atoms with Crippen molar-refractivity contribution in [1.29, 1.82) is 0 Å². The summed E-state index contributed by atoms with van der Waals surface area (Å²) in [5, 5.41) is 2.93. The Kier molecular flexibility index (Phi) is 5.23. The second-order valence-electron chi connectivity index (χ2n) is 8.19. The van der Waals surface area contributed by atoms with Gasteiger partial charge in [0.15, 0.2) is 0 Å². The first-order valence-electron chi connectivity index (χ1n) is 8.53. The maximum Gasteiger partial charge on any atom is 0.407 e. The summed E-state index contributed by atoms with van der Waals surface area (Å²) >= 11 is 0. The van der Waals surface area contributed by atoms with Crippen molar-refractivity contribution >= 4 is 12.0 Å². The molecule has 1 saturated carbocycles. The summed E-state index contributed by atoms with van der Waals surface area (Å²) in [6, 6.07) is 0. The van der Waals surface area contributed by atoms with Gasteiger partial charge in [-0.05, 0) is 52.4 Å². The molecule has 3 fully saturated rings. The van der Waals surface area contributed by atoms with Gasteiger partial charge in [-0.3, -0.25) is 9.69 Å². The summed E-state index contributed by atoms with van der Waals surface area (Å²) in [6.45, 7) is 7.51. The maximum atomic E-state index is 12.1. The fourth-order valence-corrected chi connectivity index (χ4v) is 3.60. The number of nitrogens with one attached hydrogen (secondary N) is 1. The summed E-state index contributed by atoms with van der Waals surface area (Å²) < 4.78 is 5.34. The molecule has 3 aliphatic rings. The van der Waals surface area contributed by atoms with Crippen LogP contribution in [0.2, 0.25) is 0 Å². The Morgan fingerprint density at radius 1 is 1.26 bits per heavy atom. The molecule has 2 aliphatic heterocycles. The van der Waals surface area contributed by atoms with Crippen LogP contribution in [0.15, 0.2) is 0 Å². The lowest BCUT2D eigenvalue weighted by Gasteiger charge is -2.54.